The number of hydrogen-bond donors (Lipinski definition) is 0. The van der Waals surface area contributed by atoms with Gasteiger partial charge in [0, 0.05) is 11.8 Å². The predicted octanol–water partition coefficient (Wildman–Crippen LogP) is 4.40. The van der Waals surface area contributed by atoms with Crippen LogP contribution < -0.4 is 0 Å². The zero-order valence-electron chi connectivity index (χ0n) is 10.9. The first-order valence-corrected chi connectivity index (χ1v) is 6.48. The fourth-order valence-corrected chi connectivity index (χ4v) is 2.00. The Labute approximate surface area is 108 Å². The molecule has 0 aliphatic rings. The van der Waals surface area contributed by atoms with Gasteiger partial charge in [0.1, 0.15) is 5.82 Å². The minimum atomic E-state index is -0.183. The summed E-state index contributed by atoms with van der Waals surface area (Å²) in [6, 6.07) is 9.32. The van der Waals surface area contributed by atoms with Crippen LogP contribution in [0.3, 0.4) is 0 Å². The maximum atomic E-state index is 14.0. The lowest BCUT2D eigenvalue weighted by atomic mass is 10.0. The molecule has 2 aromatic rings. The summed E-state index contributed by atoms with van der Waals surface area (Å²) in [6.07, 6.45) is 4.71. The van der Waals surface area contributed by atoms with Crippen molar-refractivity contribution >= 4 is 0 Å². The first-order valence-electron chi connectivity index (χ1n) is 6.48. The fourth-order valence-electron chi connectivity index (χ4n) is 2.00. The number of rotatable bonds is 4. The minimum absolute atomic E-state index is 0.183. The van der Waals surface area contributed by atoms with E-state index in [9.17, 15) is 4.39 Å². The molecule has 94 valence electrons. The molecule has 0 bridgehead atoms. The SMILES string of the molecule is CCCc1ccc(-c2ccc(CC)cn2)c(F)c1. The lowest BCUT2D eigenvalue weighted by molar-refractivity contribution is 0.628. The second-order valence-electron chi connectivity index (χ2n) is 4.47. The van der Waals surface area contributed by atoms with Crippen molar-refractivity contribution in [2.24, 2.45) is 0 Å². The Morgan fingerprint density at radius 2 is 1.83 bits per heavy atom. The van der Waals surface area contributed by atoms with Gasteiger partial charge < -0.3 is 0 Å². The molecule has 0 saturated carbocycles. The molecule has 1 nitrogen and oxygen atoms in total. The largest absolute Gasteiger partial charge is 0.256 e. The maximum absolute atomic E-state index is 14.0. The Bertz CT molecular complexity index is 517. The van der Waals surface area contributed by atoms with Crippen molar-refractivity contribution in [1.82, 2.24) is 4.98 Å². The number of benzene rings is 1. The summed E-state index contributed by atoms with van der Waals surface area (Å²) in [6.45, 7) is 4.17. The number of aromatic nitrogens is 1. The molecule has 0 spiro atoms. The summed E-state index contributed by atoms with van der Waals surface area (Å²) in [5, 5.41) is 0. The van der Waals surface area contributed by atoms with E-state index in [1.165, 1.54) is 5.56 Å². The molecule has 0 N–H and O–H groups in total. The summed E-state index contributed by atoms with van der Waals surface area (Å²) in [5.74, 6) is -0.183. The predicted molar refractivity (Wildman–Crippen MR) is 73.0 cm³/mol. The van der Waals surface area contributed by atoms with Gasteiger partial charge >= 0.3 is 0 Å². The van der Waals surface area contributed by atoms with Crippen LogP contribution in [-0.4, -0.2) is 4.98 Å². The van der Waals surface area contributed by atoms with E-state index in [0.717, 1.165) is 24.8 Å². The van der Waals surface area contributed by atoms with Gasteiger partial charge in [-0.2, -0.15) is 0 Å². The van der Waals surface area contributed by atoms with E-state index in [-0.39, 0.29) is 5.82 Å². The third kappa shape index (κ3) is 2.76. The van der Waals surface area contributed by atoms with Crippen LogP contribution in [0.5, 0.6) is 0 Å². The number of nitrogens with zero attached hydrogens (tertiary/aromatic N) is 1. The van der Waals surface area contributed by atoms with Crippen molar-refractivity contribution in [2.45, 2.75) is 33.1 Å². The van der Waals surface area contributed by atoms with E-state index in [4.69, 9.17) is 0 Å². The first-order chi connectivity index (χ1) is 8.74. The second-order valence-corrected chi connectivity index (χ2v) is 4.47. The van der Waals surface area contributed by atoms with Gasteiger partial charge in [0.25, 0.3) is 0 Å². The van der Waals surface area contributed by atoms with Crippen LogP contribution in [0.15, 0.2) is 36.5 Å². The molecule has 0 saturated heterocycles. The van der Waals surface area contributed by atoms with Crippen molar-refractivity contribution in [2.75, 3.05) is 0 Å². The smallest absolute Gasteiger partial charge is 0.132 e. The zero-order valence-corrected chi connectivity index (χ0v) is 10.9. The molecular weight excluding hydrogens is 225 g/mol. The minimum Gasteiger partial charge on any atom is -0.256 e. The Balaban J connectivity index is 2.32. The molecule has 2 rings (SSSR count). The van der Waals surface area contributed by atoms with Gasteiger partial charge in [-0.05, 0) is 42.2 Å². The van der Waals surface area contributed by atoms with Crippen LogP contribution in [0.4, 0.5) is 4.39 Å². The van der Waals surface area contributed by atoms with Gasteiger partial charge in [-0.25, -0.2) is 4.39 Å². The highest BCUT2D eigenvalue weighted by molar-refractivity contribution is 5.60. The Hall–Kier alpha value is -1.70. The van der Waals surface area contributed by atoms with Crippen LogP contribution in [0.2, 0.25) is 0 Å². The lowest BCUT2D eigenvalue weighted by Gasteiger charge is -2.06. The number of pyridine rings is 1. The third-order valence-corrected chi connectivity index (χ3v) is 3.08. The van der Waals surface area contributed by atoms with Gasteiger partial charge in [-0.3, -0.25) is 4.98 Å². The summed E-state index contributed by atoms with van der Waals surface area (Å²) in [7, 11) is 0. The highest BCUT2D eigenvalue weighted by Crippen LogP contribution is 2.22. The Kier molecular flexibility index (Phi) is 4.08. The number of hydrogen-bond acceptors (Lipinski definition) is 1. The Morgan fingerprint density at radius 3 is 2.39 bits per heavy atom. The van der Waals surface area contributed by atoms with Gasteiger partial charge in [-0.15, -0.1) is 0 Å². The van der Waals surface area contributed by atoms with Crippen molar-refractivity contribution in [1.29, 1.82) is 0 Å². The monoisotopic (exact) mass is 243 g/mol. The zero-order chi connectivity index (χ0) is 13.0. The molecule has 0 fully saturated rings. The molecule has 0 radical (unpaired) electrons. The lowest BCUT2D eigenvalue weighted by Crippen LogP contribution is -1.92. The summed E-state index contributed by atoms with van der Waals surface area (Å²) in [4.78, 5) is 4.32. The molecule has 1 heterocycles. The van der Waals surface area contributed by atoms with E-state index < -0.39 is 0 Å². The molecular formula is C16H18FN. The second kappa shape index (κ2) is 5.76. The van der Waals surface area contributed by atoms with Crippen LogP contribution in [-0.2, 0) is 12.8 Å². The summed E-state index contributed by atoms with van der Waals surface area (Å²) in [5.41, 5.74) is 3.50. The van der Waals surface area contributed by atoms with Gasteiger partial charge in [-0.1, -0.05) is 32.4 Å². The first kappa shape index (κ1) is 12.7. The molecule has 0 atom stereocenters. The average molecular weight is 243 g/mol. The van der Waals surface area contributed by atoms with E-state index in [1.807, 2.05) is 30.5 Å². The summed E-state index contributed by atoms with van der Waals surface area (Å²) >= 11 is 0. The van der Waals surface area contributed by atoms with Crippen LogP contribution in [0.1, 0.15) is 31.4 Å². The average Bonchev–Trinajstić information content (AvgIpc) is 2.40. The van der Waals surface area contributed by atoms with Crippen molar-refractivity contribution in [3.63, 3.8) is 0 Å². The molecule has 1 aromatic carbocycles. The maximum Gasteiger partial charge on any atom is 0.132 e. The molecule has 2 heteroatoms. The number of aryl methyl sites for hydroxylation is 2. The van der Waals surface area contributed by atoms with Crippen LogP contribution >= 0.6 is 0 Å². The van der Waals surface area contributed by atoms with E-state index in [2.05, 4.69) is 18.8 Å². The highest BCUT2D eigenvalue weighted by atomic mass is 19.1. The van der Waals surface area contributed by atoms with E-state index >= 15 is 0 Å². The van der Waals surface area contributed by atoms with E-state index in [1.54, 1.807) is 6.07 Å². The molecule has 0 aliphatic heterocycles. The number of halogens is 1. The molecule has 0 amide bonds. The van der Waals surface area contributed by atoms with Gasteiger partial charge in [0.2, 0.25) is 0 Å². The van der Waals surface area contributed by atoms with Crippen LogP contribution in [0, 0.1) is 5.82 Å². The molecule has 1 aromatic heterocycles. The van der Waals surface area contributed by atoms with Crippen molar-refractivity contribution in [3.05, 3.63) is 53.5 Å². The van der Waals surface area contributed by atoms with Crippen molar-refractivity contribution < 1.29 is 4.39 Å². The topological polar surface area (TPSA) is 12.9 Å². The third-order valence-electron chi connectivity index (χ3n) is 3.08. The fraction of sp³-hybridized carbons (Fsp3) is 0.312. The quantitative estimate of drug-likeness (QED) is 0.775. The van der Waals surface area contributed by atoms with Crippen LogP contribution in [0.25, 0.3) is 11.3 Å². The molecule has 0 aliphatic carbocycles. The normalized spacial score (nSPS) is 10.6. The highest BCUT2D eigenvalue weighted by Gasteiger charge is 2.07. The molecule has 0 unspecified atom stereocenters. The Morgan fingerprint density at radius 1 is 1.06 bits per heavy atom. The standard InChI is InChI=1S/C16H18FN/c1-3-5-13-6-8-14(15(17)10-13)16-9-7-12(4-2)11-18-16/h6-11H,3-5H2,1-2H3. The van der Waals surface area contributed by atoms with Gasteiger partial charge in [0.05, 0.1) is 5.69 Å². The van der Waals surface area contributed by atoms with Gasteiger partial charge in [0.15, 0.2) is 0 Å². The summed E-state index contributed by atoms with van der Waals surface area (Å²) < 4.78 is 14.0. The molecule has 18 heavy (non-hydrogen) atoms. The van der Waals surface area contributed by atoms with E-state index in [0.29, 0.717) is 11.3 Å². The van der Waals surface area contributed by atoms with Crippen molar-refractivity contribution in [3.8, 4) is 11.3 Å².